The number of hydrogen-bond donors (Lipinski definition) is 1. The molecule has 44 heavy (non-hydrogen) atoms. The van der Waals surface area contributed by atoms with Crippen LogP contribution in [-0.4, -0.2) is 46.7 Å². The van der Waals surface area contributed by atoms with Crippen LogP contribution in [0.1, 0.15) is 40.9 Å². The summed E-state index contributed by atoms with van der Waals surface area (Å²) in [5.41, 5.74) is -2.65. The van der Waals surface area contributed by atoms with Gasteiger partial charge in [0.05, 0.1) is 22.6 Å². The van der Waals surface area contributed by atoms with Gasteiger partial charge in [-0.2, -0.15) is 0 Å². The smallest absolute Gasteiger partial charge is 0.347 e. The molecule has 0 aliphatic rings. The molecular weight excluding hydrogens is 578 g/mol. The highest BCUT2D eigenvalue weighted by Gasteiger charge is 2.35. The van der Waals surface area contributed by atoms with E-state index in [1.54, 1.807) is 24.3 Å². The minimum absolute atomic E-state index is 0.214. The lowest BCUT2D eigenvalue weighted by Crippen LogP contribution is -2.32. The van der Waals surface area contributed by atoms with Crippen molar-refractivity contribution >= 4 is 46.8 Å². The average molecular weight is 606 g/mol. The van der Waals surface area contributed by atoms with Crippen LogP contribution in [0.4, 0.5) is 17.1 Å². The van der Waals surface area contributed by atoms with Gasteiger partial charge < -0.3 is 19.5 Å². The molecule has 3 aromatic carbocycles. The zero-order valence-corrected chi connectivity index (χ0v) is 24.0. The maximum Gasteiger partial charge on any atom is 0.347 e. The predicted molar refractivity (Wildman–Crippen MR) is 156 cm³/mol. The summed E-state index contributed by atoms with van der Waals surface area (Å²) in [6.07, 6.45) is -0.378. The molecule has 0 aliphatic carbocycles. The number of nitro groups is 2. The zero-order valence-electron chi connectivity index (χ0n) is 24.0. The van der Waals surface area contributed by atoms with Gasteiger partial charge in [-0.3, -0.25) is 29.8 Å². The van der Waals surface area contributed by atoms with Crippen molar-refractivity contribution in [1.29, 1.82) is 0 Å². The molecule has 1 unspecified atom stereocenters. The number of para-hydroxylation sites is 1. The molecule has 0 fully saturated rings. The van der Waals surface area contributed by atoms with E-state index in [1.807, 2.05) is 30.3 Å². The summed E-state index contributed by atoms with van der Waals surface area (Å²) in [5.74, 6) is -3.84. The Hall–Kier alpha value is -5.92. The van der Waals surface area contributed by atoms with Crippen LogP contribution in [0.25, 0.3) is 6.08 Å². The first-order valence-electron chi connectivity index (χ1n) is 12.9. The fraction of sp³-hybridized carbons (Fsp3) is 0.200. The van der Waals surface area contributed by atoms with Gasteiger partial charge in [-0.05, 0) is 38.5 Å². The molecule has 1 N–H and O–H groups in total. The van der Waals surface area contributed by atoms with Gasteiger partial charge in [0.1, 0.15) is 23.5 Å². The molecule has 14 nitrogen and oxygen atoms in total. The van der Waals surface area contributed by atoms with Crippen molar-refractivity contribution in [3.8, 4) is 5.75 Å². The number of methoxy groups -OCH3 is 1. The maximum absolute atomic E-state index is 13.0. The molecule has 0 saturated carbocycles. The van der Waals surface area contributed by atoms with Gasteiger partial charge in [0, 0.05) is 11.6 Å². The SMILES string of the molecule is COC(=O)c1c(NC(=O)C(C)OC(=O)/C(=C/c2ccccc2OCc2ccccc2)C(C)=O)cc([N+](=O)[O-])c(C)c1[N+](=O)[O-]. The van der Waals surface area contributed by atoms with Gasteiger partial charge in [0.2, 0.25) is 0 Å². The second kappa shape index (κ2) is 14.3. The number of benzene rings is 3. The van der Waals surface area contributed by atoms with Gasteiger partial charge in [0.25, 0.3) is 17.3 Å². The Morgan fingerprint density at radius 2 is 1.61 bits per heavy atom. The first-order valence-corrected chi connectivity index (χ1v) is 12.9. The second-order valence-electron chi connectivity index (χ2n) is 9.26. The average Bonchev–Trinajstić information content (AvgIpc) is 2.99. The summed E-state index contributed by atoms with van der Waals surface area (Å²) in [7, 11) is 0.930. The Morgan fingerprint density at radius 3 is 2.20 bits per heavy atom. The van der Waals surface area contributed by atoms with E-state index in [1.165, 1.54) is 6.08 Å². The van der Waals surface area contributed by atoms with E-state index in [4.69, 9.17) is 9.47 Å². The number of nitrogens with one attached hydrogen (secondary N) is 1. The van der Waals surface area contributed by atoms with Crippen LogP contribution in [0.15, 0.2) is 66.2 Å². The molecule has 0 aliphatic heterocycles. The third-order valence-electron chi connectivity index (χ3n) is 6.26. The molecule has 0 heterocycles. The summed E-state index contributed by atoms with van der Waals surface area (Å²) in [5, 5.41) is 25.4. The Kier molecular flexibility index (Phi) is 10.6. The van der Waals surface area contributed by atoms with Crippen molar-refractivity contribution in [1.82, 2.24) is 0 Å². The monoisotopic (exact) mass is 605 g/mol. The number of ether oxygens (including phenoxy) is 3. The molecule has 1 amide bonds. The van der Waals surface area contributed by atoms with Gasteiger partial charge in [-0.25, -0.2) is 9.59 Å². The lowest BCUT2D eigenvalue weighted by Gasteiger charge is -2.16. The molecule has 0 aromatic heterocycles. The Bertz CT molecular complexity index is 1670. The quantitative estimate of drug-likeness (QED) is 0.0749. The number of carbonyl (C=O) groups excluding carboxylic acids is 4. The molecule has 14 heteroatoms. The topological polar surface area (TPSA) is 194 Å². The van der Waals surface area contributed by atoms with Crippen LogP contribution in [-0.2, 0) is 30.5 Å². The summed E-state index contributed by atoms with van der Waals surface area (Å²) in [6, 6.07) is 16.7. The number of esters is 2. The number of carbonyl (C=O) groups is 4. The molecule has 0 bridgehead atoms. The van der Waals surface area contributed by atoms with E-state index < -0.39 is 73.3 Å². The zero-order chi connectivity index (χ0) is 32.6. The number of Topliss-reactive ketones (excluding diaryl/α,β-unsaturated/α-hetero) is 1. The van der Waals surface area contributed by atoms with Crippen LogP contribution in [0.5, 0.6) is 5.75 Å². The van der Waals surface area contributed by atoms with E-state index in [0.717, 1.165) is 39.5 Å². The molecule has 1 atom stereocenters. The van der Waals surface area contributed by atoms with Crippen molar-refractivity contribution in [3.63, 3.8) is 0 Å². The van der Waals surface area contributed by atoms with E-state index in [-0.39, 0.29) is 6.61 Å². The molecule has 3 aromatic rings. The van der Waals surface area contributed by atoms with Crippen LogP contribution < -0.4 is 10.1 Å². The lowest BCUT2D eigenvalue weighted by molar-refractivity contribution is -0.395. The second-order valence-corrected chi connectivity index (χ2v) is 9.26. The van der Waals surface area contributed by atoms with E-state index in [0.29, 0.717) is 11.3 Å². The third kappa shape index (κ3) is 7.67. The number of nitro benzene ring substituents is 2. The number of nitrogens with zero attached hydrogens (tertiary/aromatic N) is 2. The molecule has 3 rings (SSSR count). The molecule has 0 spiro atoms. The summed E-state index contributed by atoms with van der Waals surface area (Å²) in [4.78, 5) is 72.2. The van der Waals surface area contributed by atoms with E-state index in [9.17, 15) is 39.4 Å². The highest BCUT2D eigenvalue weighted by atomic mass is 16.6. The fourth-order valence-electron chi connectivity index (χ4n) is 4.02. The van der Waals surface area contributed by atoms with Crippen molar-refractivity contribution < 1.29 is 43.2 Å². The van der Waals surface area contributed by atoms with Crippen LogP contribution in [0.3, 0.4) is 0 Å². The minimum Gasteiger partial charge on any atom is -0.488 e. The third-order valence-corrected chi connectivity index (χ3v) is 6.26. The Labute approximate surface area is 250 Å². The summed E-state index contributed by atoms with van der Waals surface area (Å²) < 4.78 is 15.6. The van der Waals surface area contributed by atoms with Crippen molar-refractivity contribution in [2.24, 2.45) is 0 Å². The van der Waals surface area contributed by atoms with Gasteiger partial charge in [-0.15, -0.1) is 0 Å². The minimum atomic E-state index is -1.63. The highest BCUT2D eigenvalue weighted by molar-refractivity contribution is 6.20. The first-order chi connectivity index (χ1) is 20.8. The van der Waals surface area contributed by atoms with E-state index >= 15 is 0 Å². The van der Waals surface area contributed by atoms with Crippen LogP contribution >= 0.6 is 0 Å². The number of hydrogen-bond acceptors (Lipinski definition) is 11. The van der Waals surface area contributed by atoms with Gasteiger partial charge in [-0.1, -0.05) is 48.5 Å². The number of rotatable bonds is 12. The number of anilines is 1. The normalized spacial score (nSPS) is 11.6. The van der Waals surface area contributed by atoms with Crippen molar-refractivity contribution in [2.45, 2.75) is 33.5 Å². The Morgan fingerprint density at radius 1 is 0.977 bits per heavy atom. The Balaban J connectivity index is 1.88. The molecular formula is C30H27N3O11. The number of ketones is 1. The molecule has 0 radical (unpaired) electrons. The number of amides is 1. The maximum atomic E-state index is 13.0. The predicted octanol–water partition coefficient (Wildman–Crippen LogP) is 4.72. The standard InChI is InChI=1S/C30H27N3O11/c1-17-24(32(38)39)15-23(26(30(37)42-4)27(17)33(40)41)31-28(35)19(3)44-29(36)22(18(2)34)14-21-12-8-9-13-25(21)43-16-20-10-6-5-7-11-20/h5-15,19H,16H2,1-4H3,(H,31,35)/b22-14+. The lowest BCUT2D eigenvalue weighted by atomic mass is 10.0. The van der Waals surface area contributed by atoms with E-state index in [2.05, 4.69) is 10.1 Å². The fourth-order valence-corrected chi connectivity index (χ4v) is 4.02. The van der Waals surface area contributed by atoms with Crippen molar-refractivity contribution in [3.05, 3.63) is 109 Å². The van der Waals surface area contributed by atoms with Gasteiger partial charge in [0.15, 0.2) is 17.5 Å². The molecule has 0 saturated heterocycles. The van der Waals surface area contributed by atoms with Crippen LogP contribution in [0.2, 0.25) is 0 Å². The first kappa shape index (κ1) is 32.6. The summed E-state index contributed by atoms with van der Waals surface area (Å²) in [6.45, 7) is 3.54. The van der Waals surface area contributed by atoms with Gasteiger partial charge >= 0.3 is 11.9 Å². The van der Waals surface area contributed by atoms with Crippen LogP contribution in [0, 0.1) is 27.2 Å². The van der Waals surface area contributed by atoms with Crippen molar-refractivity contribution in [2.75, 3.05) is 12.4 Å². The molecule has 228 valence electrons. The largest absolute Gasteiger partial charge is 0.488 e. The summed E-state index contributed by atoms with van der Waals surface area (Å²) >= 11 is 0. The highest BCUT2D eigenvalue weighted by Crippen LogP contribution is 2.37.